The highest BCUT2D eigenvalue weighted by molar-refractivity contribution is 14.1. The zero-order valence-electron chi connectivity index (χ0n) is 22.4. The van der Waals surface area contributed by atoms with Gasteiger partial charge in [-0.3, -0.25) is 0 Å². The van der Waals surface area contributed by atoms with Gasteiger partial charge in [-0.1, -0.05) is 121 Å². The van der Waals surface area contributed by atoms with Crippen LogP contribution in [0.25, 0.3) is 0 Å². The Labute approximate surface area is 250 Å². The van der Waals surface area contributed by atoms with E-state index in [2.05, 4.69) is 71.1 Å². The van der Waals surface area contributed by atoms with Gasteiger partial charge in [0.2, 0.25) is 0 Å². The van der Waals surface area contributed by atoms with Crippen LogP contribution in [0.2, 0.25) is 0 Å². The Morgan fingerprint density at radius 3 is 1.30 bits per heavy atom. The standard InChI is InChI=1S/C34H35IO5/c35-34-33(39-24-29-19-11-4-12-20-29)32(38-23-28-17-9-3-10-18-28)31(37-22-27-15-7-2-8-16-27)30(40-34)25-36-21-26-13-5-1-6-14-26/h1-20,30-34H,21-25H2/t30-,31-,32+,33+,34+/m1/s1. The van der Waals surface area contributed by atoms with Crippen LogP contribution in [0.5, 0.6) is 0 Å². The zero-order chi connectivity index (χ0) is 27.4. The van der Waals surface area contributed by atoms with E-state index in [4.69, 9.17) is 23.7 Å². The normalized spacial score (nSPS) is 22.7. The summed E-state index contributed by atoms with van der Waals surface area (Å²) in [7, 11) is 0. The number of benzene rings is 4. The maximum absolute atomic E-state index is 6.65. The van der Waals surface area contributed by atoms with Crippen LogP contribution in [0.15, 0.2) is 121 Å². The van der Waals surface area contributed by atoms with Crippen LogP contribution in [0.1, 0.15) is 22.3 Å². The number of rotatable bonds is 13. The van der Waals surface area contributed by atoms with Crippen molar-refractivity contribution in [3.63, 3.8) is 0 Å². The molecular formula is C34H35IO5. The summed E-state index contributed by atoms with van der Waals surface area (Å²) in [5.41, 5.74) is 4.40. The molecule has 0 amide bonds. The molecule has 1 aliphatic heterocycles. The second kappa shape index (κ2) is 15.4. The maximum Gasteiger partial charge on any atom is 0.138 e. The van der Waals surface area contributed by atoms with Gasteiger partial charge in [0.05, 0.1) is 33.0 Å². The molecule has 5 rings (SSSR count). The van der Waals surface area contributed by atoms with Gasteiger partial charge in [0.1, 0.15) is 28.5 Å². The zero-order valence-corrected chi connectivity index (χ0v) is 24.5. The molecule has 4 aromatic rings. The van der Waals surface area contributed by atoms with Crippen molar-refractivity contribution in [2.45, 2.75) is 55.0 Å². The molecule has 0 spiro atoms. The van der Waals surface area contributed by atoms with E-state index in [-0.39, 0.29) is 22.4 Å². The van der Waals surface area contributed by atoms with Crippen LogP contribution in [0, 0.1) is 0 Å². The van der Waals surface area contributed by atoms with E-state index < -0.39 is 6.10 Å². The Bertz CT molecular complexity index is 1240. The van der Waals surface area contributed by atoms with E-state index in [9.17, 15) is 0 Å². The maximum atomic E-state index is 6.65. The first-order chi connectivity index (χ1) is 19.8. The molecule has 0 bridgehead atoms. The van der Waals surface area contributed by atoms with Crippen LogP contribution in [-0.4, -0.2) is 35.1 Å². The summed E-state index contributed by atoms with van der Waals surface area (Å²) in [6.07, 6.45) is -1.43. The molecule has 0 aliphatic carbocycles. The molecule has 5 nitrogen and oxygen atoms in total. The lowest BCUT2D eigenvalue weighted by atomic mass is 9.99. The largest absolute Gasteiger partial charge is 0.374 e. The van der Waals surface area contributed by atoms with Gasteiger partial charge in [-0.25, -0.2) is 0 Å². The average Bonchev–Trinajstić information content (AvgIpc) is 3.01. The molecule has 0 aromatic heterocycles. The van der Waals surface area contributed by atoms with E-state index >= 15 is 0 Å². The summed E-state index contributed by atoms with van der Waals surface area (Å²) in [5, 5.41) is 0. The molecule has 4 aromatic carbocycles. The Morgan fingerprint density at radius 2 is 0.850 bits per heavy atom. The Morgan fingerprint density at radius 1 is 0.475 bits per heavy atom. The third-order valence-corrected chi connectivity index (χ3v) is 7.83. The summed E-state index contributed by atoms with van der Waals surface area (Å²) in [6, 6.07) is 40.7. The highest BCUT2D eigenvalue weighted by atomic mass is 127. The molecule has 1 fully saturated rings. The first kappa shape index (κ1) is 28.9. The Hall–Kier alpha value is -2.59. The first-order valence-corrected chi connectivity index (χ1v) is 14.9. The fraction of sp³-hybridized carbons (Fsp3) is 0.294. The van der Waals surface area contributed by atoms with E-state index in [1.807, 2.05) is 72.8 Å². The fourth-order valence-corrected chi connectivity index (χ4v) is 5.73. The summed E-state index contributed by atoms with van der Waals surface area (Å²) < 4.78 is 32.2. The van der Waals surface area contributed by atoms with Gasteiger partial charge in [0.25, 0.3) is 0 Å². The quantitative estimate of drug-likeness (QED) is 0.114. The molecule has 5 atom stereocenters. The number of alkyl halides is 1. The highest BCUT2D eigenvalue weighted by Crippen LogP contribution is 2.33. The van der Waals surface area contributed by atoms with Crippen molar-refractivity contribution < 1.29 is 23.7 Å². The molecule has 0 radical (unpaired) electrons. The minimum absolute atomic E-state index is 0.246. The van der Waals surface area contributed by atoms with Gasteiger partial charge in [0, 0.05) is 0 Å². The number of halogens is 1. The van der Waals surface area contributed by atoms with Crippen molar-refractivity contribution >= 4 is 22.6 Å². The van der Waals surface area contributed by atoms with Crippen LogP contribution in [0.4, 0.5) is 0 Å². The van der Waals surface area contributed by atoms with Gasteiger partial charge in [-0.15, -0.1) is 0 Å². The van der Waals surface area contributed by atoms with Gasteiger partial charge in [-0.05, 0) is 44.8 Å². The van der Waals surface area contributed by atoms with Crippen molar-refractivity contribution in [3.05, 3.63) is 144 Å². The molecule has 1 saturated heterocycles. The Balaban J connectivity index is 1.36. The highest BCUT2D eigenvalue weighted by Gasteiger charge is 2.47. The monoisotopic (exact) mass is 650 g/mol. The van der Waals surface area contributed by atoms with Gasteiger partial charge < -0.3 is 23.7 Å². The minimum Gasteiger partial charge on any atom is -0.374 e. The van der Waals surface area contributed by atoms with Gasteiger partial charge >= 0.3 is 0 Å². The molecule has 1 aliphatic rings. The summed E-state index contributed by atoms with van der Waals surface area (Å²) >= 11 is 2.32. The predicted octanol–water partition coefficient (Wildman–Crippen LogP) is 7.12. The molecule has 40 heavy (non-hydrogen) atoms. The molecule has 0 unspecified atom stereocenters. The van der Waals surface area contributed by atoms with Crippen molar-refractivity contribution in [3.8, 4) is 0 Å². The topological polar surface area (TPSA) is 46.2 Å². The molecule has 208 valence electrons. The lowest BCUT2D eigenvalue weighted by molar-refractivity contribution is -0.251. The third kappa shape index (κ3) is 8.46. The predicted molar refractivity (Wildman–Crippen MR) is 164 cm³/mol. The summed E-state index contributed by atoms with van der Waals surface area (Å²) in [6.45, 7) is 2.22. The van der Waals surface area contributed by atoms with E-state index in [0.29, 0.717) is 33.0 Å². The van der Waals surface area contributed by atoms with Crippen LogP contribution in [0.3, 0.4) is 0 Å². The molecular weight excluding hydrogens is 615 g/mol. The summed E-state index contributed by atoms with van der Waals surface area (Å²) in [5.74, 6) is 0. The number of hydrogen-bond acceptors (Lipinski definition) is 5. The molecule has 1 heterocycles. The smallest absolute Gasteiger partial charge is 0.138 e. The lowest BCUT2D eigenvalue weighted by Gasteiger charge is -2.44. The molecule has 0 saturated carbocycles. The van der Waals surface area contributed by atoms with Crippen molar-refractivity contribution in [1.29, 1.82) is 0 Å². The number of hydrogen-bond donors (Lipinski definition) is 0. The second-order valence-corrected chi connectivity index (χ2v) is 11.0. The number of ether oxygens (including phenoxy) is 5. The van der Waals surface area contributed by atoms with Gasteiger partial charge in [0.15, 0.2) is 0 Å². The summed E-state index contributed by atoms with van der Waals surface area (Å²) in [4.78, 5) is 0. The first-order valence-electron chi connectivity index (χ1n) is 13.6. The molecule has 6 heteroatoms. The van der Waals surface area contributed by atoms with Crippen LogP contribution < -0.4 is 0 Å². The van der Waals surface area contributed by atoms with Crippen LogP contribution >= 0.6 is 22.6 Å². The minimum atomic E-state index is -0.397. The second-order valence-electron chi connectivity index (χ2n) is 9.81. The van der Waals surface area contributed by atoms with E-state index in [1.165, 1.54) is 0 Å². The van der Waals surface area contributed by atoms with Crippen molar-refractivity contribution in [1.82, 2.24) is 0 Å². The van der Waals surface area contributed by atoms with E-state index in [1.54, 1.807) is 0 Å². The van der Waals surface area contributed by atoms with Crippen molar-refractivity contribution in [2.24, 2.45) is 0 Å². The van der Waals surface area contributed by atoms with E-state index in [0.717, 1.165) is 22.3 Å². The van der Waals surface area contributed by atoms with Crippen molar-refractivity contribution in [2.75, 3.05) is 6.61 Å². The van der Waals surface area contributed by atoms with Crippen LogP contribution in [-0.2, 0) is 50.1 Å². The average molecular weight is 651 g/mol. The molecule has 0 N–H and O–H groups in total. The third-order valence-electron chi connectivity index (χ3n) is 6.83. The SMILES string of the molecule is I[C@H]1O[C@H](COCc2ccccc2)[C@@H](OCc2ccccc2)[C@H](OCc2ccccc2)[C@@H]1OCc1ccccc1. The fourth-order valence-electron chi connectivity index (χ4n) is 4.73. The Kier molecular flexibility index (Phi) is 11.1. The lowest BCUT2D eigenvalue weighted by Crippen LogP contribution is -2.59. The van der Waals surface area contributed by atoms with Gasteiger partial charge in [-0.2, -0.15) is 0 Å².